The topological polar surface area (TPSA) is 40.6 Å². The molecule has 4 nitrogen and oxygen atoms in total. The smallest absolute Gasteiger partial charge is 0.213 e. The summed E-state index contributed by atoms with van der Waals surface area (Å²) in [5.41, 5.74) is 0. The molecule has 0 aromatic carbocycles. The molecule has 0 unspecified atom stereocenters. The predicted molar refractivity (Wildman–Crippen MR) is 59.9 cm³/mol. The van der Waals surface area contributed by atoms with Crippen LogP contribution in [0.4, 0.5) is 0 Å². The van der Waals surface area contributed by atoms with Crippen molar-refractivity contribution in [3.05, 3.63) is 0 Å². The van der Waals surface area contributed by atoms with E-state index in [0.717, 1.165) is 13.0 Å². The normalized spacial score (nSPS) is 12.7. The van der Waals surface area contributed by atoms with Crippen molar-refractivity contribution in [2.24, 2.45) is 0 Å². The van der Waals surface area contributed by atoms with Crippen molar-refractivity contribution in [2.75, 3.05) is 39.5 Å². The van der Waals surface area contributed by atoms with Gasteiger partial charge in [0.25, 0.3) is 0 Å². The molecule has 0 saturated carbocycles. The van der Waals surface area contributed by atoms with Crippen molar-refractivity contribution in [3.8, 4) is 0 Å². The highest BCUT2D eigenvalue weighted by Gasteiger charge is 2.16. The molecule has 0 rings (SSSR count). The molecule has 0 aliphatic rings. The standard InChI is InChI=1S/C9H22N2O2S/c1-5-11(14(12,13)6-2)9-7-8-10(3)4/h5-9H2,1-4H3. The molecule has 0 atom stereocenters. The second-order valence-corrected chi connectivity index (χ2v) is 5.81. The van der Waals surface area contributed by atoms with Crippen molar-refractivity contribution in [1.29, 1.82) is 0 Å². The van der Waals surface area contributed by atoms with Crippen LogP contribution in [0.2, 0.25) is 0 Å². The van der Waals surface area contributed by atoms with Crippen molar-refractivity contribution in [1.82, 2.24) is 9.21 Å². The Morgan fingerprint density at radius 3 is 2.00 bits per heavy atom. The van der Waals surface area contributed by atoms with E-state index < -0.39 is 10.0 Å². The zero-order chi connectivity index (χ0) is 11.2. The third-order valence-electron chi connectivity index (χ3n) is 2.12. The highest BCUT2D eigenvalue weighted by molar-refractivity contribution is 7.89. The van der Waals surface area contributed by atoms with Gasteiger partial charge in [0, 0.05) is 13.1 Å². The fourth-order valence-corrected chi connectivity index (χ4v) is 2.41. The van der Waals surface area contributed by atoms with E-state index in [9.17, 15) is 8.42 Å². The van der Waals surface area contributed by atoms with Gasteiger partial charge in [0.15, 0.2) is 0 Å². The van der Waals surface area contributed by atoms with E-state index in [-0.39, 0.29) is 5.75 Å². The zero-order valence-electron chi connectivity index (χ0n) is 9.65. The van der Waals surface area contributed by atoms with Crippen LogP contribution in [0.15, 0.2) is 0 Å². The van der Waals surface area contributed by atoms with E-state index in [1.165, 1.54) is 0 Å². The van der Waals surface area contributed by atoms with Crippen molar-refractivity contribution in [2.45, 2.75) is 20.3 Å². The summed E-state index contributed by atoms with van der Waals surface area (Å²) in [6.45, 7) is 5.69. The molecule has 0 amide bonds. The quantitative estimate of drug-likeness (QED) is 0.634. The Bertz CT molecular complexity index is 237. The Kier molecular flexibility index (Phi) is 6.31. The van der Waals surface area contributed by atoms with E-state index in [4.69, 9.17) is 0 Å². The molecule has 0 fully saturated rings. The minimum absolute atomic E-state index is 0.197. The van der Waals surface area contributed by atoms with Gasteiger partial charge in [-0.3, -0.25) is 0 Å². The van der Waals surface area contributed by atoms with E-state index in [0.29, 0.717) is 13.1 Å². The number of hydrogen-bond acceptors (Lipinski definition) is 3. The van der Waals surface area contributed by atoms with Crippen LogP contribution in [0, 0.1) is 0 Å². The molecule has 14 heavy (non-hydrogen) atoms. The van der Waals surface area contributed by atoms with Gasteiger partial charge in [-0.25, -0.2) is 12.7 Å². The molecule has 0 aliphatic carbocycles. The highest BCUT2D eigenvalue weighted by Crippen LogP contribution is 2.02. The number of sulfonamides is 1. The van der Waals surface area contributed by atoms with Crippen LogP contribution in [-0.4, -0.2) is 57.1 Å². The van der Waals surface area contributed by atoms with Gasteiger partial charge in [-0.15, -0.1) is 0 Å². The molecule has 0 aromatic heterocycles. The number of nitrogens with zero attached hydrogens (tertiary/aromatic N) is 2. The lowest BCUT2D eigenvalue weighted by atomic mass is 10.4. The number of hydrogen-bond donors (Lipinski definition) is 0. The van der Waals surface area contributed by atoms with Gasteiger partial charge >= 0.3 is 0 Å². The molecule has 0 saturated heterocycles. The molecular weight excluding hydrogens is 200 g/mol. The third-order valence-corrected chi connectivity index (χ3v) is 4.08. The second-order valence-electron chi connectivity index (χ2n) is 3.55. The molecule has 0 bridgehead atoms. The van der Waals surface area contributed by atoms with Crippen LogP contribution in [-0.2, 0) is 10.0 Å². The first-order chi connectivity index (χ1) is 6.44. The molecule has 0 aromatic rings. The summed E-state index contributed by atoms with van der Waals surface area (Å²) < 4.78 is 24.6. The van der Waals surface area contributed by atoms with Crippen LogP contribution in [0.25, 0.3) is 0 Å². The van der Waals surface area contributed by atoms with Crippen molar-refractivity contribution >= 4 is 10.0 Å². The van der Waals surface area contributed by atoms with Crippen LogP contribution in [0.3, 0.4) is 0 Å². The summed E-state index contributed by atoms with van der Waals surface area (Å²) in [7, 11) is 0.988. The molecule has 86 valence electrons. The summed E-state index contributed by atoms with van der Waals surface area (Å²) in [4.78, 5) is 2.06. The summed E-state index contributed by atoms with van der Waals surface area (Å²) >= 11 is 0. The van der Waals surface area contributed by atoms with Gasteiger partial charge in [0.2, 0.25) is 10.0 Å². The SMILES string of the molecule is CCN(CCCN(C)C)S(=O)(=O)CC. The van der Waals surface area contributed by atoms with Gasteiger partial charge < -0.3 is 4.90 Å². The van der Waals surface area contributed by atoms with Crippen LogP contribution in [0.5, 0.6) is 0 Å². The minimum Gasteiger partial charge on any atom is -0.309 e. The fourth-order valence-electron chi connectivity index (χ4n) is 1.24. The third kappa shape index (κ3) is 4.93. The van der Waals surface area contributed by atoms with Crippen LogP contribution >= 0.6 is 0 Å². The molecule has 0 radical (unpaired) electrons. The summed E-state index contributed by atoms with van der Waals surface area (Å²) in [6, 6.07) is 0. The molecular formula is C9H22N2O2S. The second kappa shape index (κ2) is 6.37. The Morgan fingerprint density at radius 2 is 1.64 bits per heavy atom. The maximum absolute atomic E-state index is 11.5. The molecule has 0 spiro atoms. The average molecular weight is 222 g/mol. The first-order valence-corrected chi connectivity index (χ1v) is 6.67. The van der Waals surface area contributed by atoms with Gasteiger partial charge in [0.1, 0.15) is 0 Å². The molecule has 0 heterocycles. The van der Waals surface area contributed by atoms with Crippen molar-refractivity contribution < 1.29 is 8.42 Å². The Morgan fingerprint density at radius 1 is 1.07 bits per heavy atom. The Hall–Kier alpha value is -0.130. The van der Waals surface area contributed by atoms with Crippen LogP contribution in [0.1, 0.15) is 20.3 Å². The fraction of sp³-hybridized carbons (Fsp3) is 1.00. The zero-order valence-corrected chi connectivity index (χ0v) is 10.5. The molecule has 0 aliphatic heterocycles. The predicted octanol–water partition coefficient (Wildman–Crippen LogP) is 0.610. The van der Waals surface area contributed by atoms with Gasteiger partial charge in [-0.2, -0.15) is 0 Å². The van der Waals surface area contributed by atoms with E-state index in [2.05, 4.69) is 4.90 Å². The lowest BCUT2D eigenvalue weighted by Crippen LogP contribution is -2.34. The average Bonchev–Trinajstić information content (AvgIpc) is 2.11. The monoisotopic (exact) mass is 222 g/mol. The van der Waals surface area contributed by atoms with Gasteiger partial charge in [0.05, 0.1) is 5.75 Å². The number of rotatable bonds is 7. The van der Waals surface area contributed by atoms with Gasteiger partial charge in [-0.05, 0) is 34.0 Å². The molecule has 0 N–H and O–H groups in total. The largest absolute Gasteiger partial charge is 0.309 e. The maximum Gasteiger partial charge on any atom is 0.213 e. The Labute approximate surface area is 87.9 Å². The first kappa shape index (κ1) is 13.9. The van der Waals surface area contributed by atoms with Crippen LogP contribution < -0.4 is 0 Å². The minimum atomic E-state index is -2.99. The first-order valence-electron chi connectivity index (χ1n) is 5.06. The van der Waals surface area contributed by atoms with E-state index in [1.54, 1.807) is 11.2 Å². The maximum atomic E-state index is 11.5. The van der Waals surface area contributed by atoms with Crippen molar-refractivity contribution in [3.63, 3.8) is 0 Å². The van der Waals surface area contributed by atoms with Gasteiger partial charge in [-0.1, -0.05) is 6.92 Å². The lowest BCUT2D eigenvalue weighted by molar-refractivity contribution is 0.356. The summed E-state index contributed by atoms with van der Waals surface area (Å²) in [5.74, 6) is 0.197. The van der Waals surface area contributed by atoms with E-state index in [1.807, 2.05) is 21.0 Å². The highest BCUT2D eigenvalue weighted by atomic mass is 32.2. The summed E-state index contributed by atoms with van der Waals surface area (Å²) in [6.07, 6.45) is 0.889. The Balaban J connectivity index is 4.05. The lowest BCUT2D eigenvalue weighted by Gasteiger charge is -2.20. The molecule has 5 heteroatoms. The summed E-state index contributed by atoms with van der Waals surface area (Å²) in [5, 5.41) is 0. The van der Waals surface area contributed by atoms with E-state index >= 15 is 0 Å².